The molecule has 1 aromatic carbocycles. The summed E-state index contributed by atoms with van der Waals surface area (Å²) >= 11 is 0. The highest BCUT2D eigenvalue weighted by Gasteiger charge is 2.36. The first-order valence-corrected chi connectivity index (χ1v) is 3.99. The topological polar surface area (TPSA) is 4.36 Å². The number of hydrogen-bond acceptors (Lipinski definition) is 0. The van der Waals surface area contributed by atoms with Crippen molar-refractivity contribution in [2.45, 2.75) is 19.0 Å². The van der Waals surface area contributed by atoms with E-state index in [-0.39, 0.29) is 11.3 Å². The van der Waals surface area contributed by atoms with E-state index in [0.717, 1.165) is 6.92 Å². The van der Waals surface area contributed by atoms with Crippen molar-refractivity contribution in [1.29, 1.82) is 0 Å². The van der Waals surface area contributed by atoms with Crippen LogP contribution in [0, 0.1) is 6.57 Å². The van der Waals surface area contributed by atoms with Gasteiger partial charge in [0, 0.05) is 0 Å². The van der Waals surface area contributed by atoms with Crippen molar-refractivity contribution in [3.8, 4) is 0 Å². The molecule has 0 saturated heterocycles. The van der Waals surface area contributed by atoms with E-state index < -0.39 is 12.1 Å². The molecule has 0 aromatic heterocycles. The molecule has 0 aliphatic rings. The second kappa shape index (κ2) is 3.70. The molecule has 0 amide bonds. The number of hydrogen-bond donors (Lipinski definition) is 0. The minimum Gasteiger partial charge on any atom is -0.238 e. The average molecular weight is 199 g/mol. The van der Waals surface area contributed by atoms with E-state index in [0.29, 0.717) is 0 Å². The Morgan fingerprint density at radius 3 is 2.50 bits per heavy atom. The van der Waals surface area contributed by atoms with Crippen LogP contribution in [0.4, 0.5) is 18.9 Å². The van der Waals surface area contributed by atoms with Crippen molar-refractivity contribution >= 4 is 5.69 Å². The Morgan fingerprint density at radius 2 is 2.00 bits per heavy atom. The van der Waals surface area contributed by atoms with Gasteiger partial charge in [0.05, 0.1) is 12.5 Å². The van der Waals surface area contributed by atoms with E-state index in [1.54, 1.807) is 0 Å². The van der Waals surface area contributed by atoms with Gasteiger partial charge in [-0.05, 0) is 12.5 Å². The van der Waals surface area contributed by atoms with Crippen LogP contribution in [-0.2, 0) is 0 Å². The molecular weight excluding hydrogens is 191 g/mol. The maximum absolute atomic E-state index is 12.3. The van der Waals surface area contributed by atoms with Gasteiger partial charge in [0.2, 0.25) is 0 Å². The molecule has 1 rings (SSSR count). The van der Waals surface area contributed by atoms with E-state index in [4.69, 9.17) is 6.57 Å². The van der Waals surface area contributed by atoms with E-state index in [1.165, 1.54) is 24.3 Å². The summed E-state index contributed by atoms with van der Waals surface area (Å²) in [5, 5.41) is 0. The summed E-state index contributed by atoms with van der Waals surface area (Å²) in [5.41, 5.74) is 0.365. The molecule has 0 aliphatic heterocycles. The van der Waals surface area contributed by atoms with Gasteiger partial charge in [-0.15, -0.1) is 0 Å². The fourth-order valence-corrected chi connectivity index (χ4v) is 1.05. The first-order chi connectivity index (χ1) is 6.45. The van der Waals surface area contributed by atoms with Crippen LogP contribution in [0.5, 0.6) is 0 Å². The number of nitrogens with zero attached hydrogens (tertiary/aromatic N) is 1. The second-order valence-electron chi connectivity index (χ2n) is 2.97. The summed E-state index contributed by atoms with van der Waals surface area (Å²) in [7, 11) is 0. The van der Waals surface area contributed by atoms with Gasteiger partial charge in [0.15, 0.2) is 5.69 Å². The minimum absolute atomic E-state index is 0.131. The normalized spacial score (nSPS) is 13.4. The van der Waals surface area contributed by atoms with Crippen LogP contribution in [0.3, 0.4) is 0 Å². The largest absolute Gasteiger partial charge is 0.395 e. The quantitative estimate of drug-likeness (QED) is 0.604. The van der Waals surface area contributed by atoms with Crippen molar-refractivity contribution in [1.82, 2.24) is 0 Å². The number of halogens is 3. The Hall–Kier alpha value is -1.50. The summed E-state index contributed by atoms with van der Waals surface area (Å²) in [6.07, 6.45) is -4.25. The summed E-state index contributed by atoms with van der Waals surface area (Å²) in [5.74, 6) is -1.52. The number of alkyl halides is 3. The Labute approximate surface area is 80.0 Å². The highest BCUT2D eigenvalue weighted by atomic mass is 19.4. The molecule has 0 fully saturated rings. The second-order valence-corrected chi connectivity index (χ2v) is 2.97. The Balaban J connectivity index is 3.03. The Kier molecular flexibility index (Phi) is 2.80. The van der Waals surface area contributed by atoms with Gasteiger partial charge >= 0.3 is 6.18 Å². The molecule has 1 aromatic rings. The molecule has 1 atom stereocenters. The molecule has 0 heterocycles. The lowest BCUT2D eigenvalue weighted by Crippen LogP contribution is -2.17. The SMILES string of the molecule is [C-]#[N+]c1cccc(C(C)C(F)(F)F)c1. The third kappa shape index (κ3) is 2.25. The van der Waals surface area contributed by atoms with Gasteiger partial charge in [-0.25, -0.2) is 4.85 Å². The minimum atomic E-state index is -4.25. The highest BCUT2D eigenvalue weighted by molar-refractivity contribution is 5.47. The molecule has 0 saturated carbocycles. The molecule has 0 N–H and O–H groups in total. The van der Waals surface area contributed by atoms with Crippen molar-refractivity contribution in [2.75, 3.05) is 0 Å². The molecule has 0 aliphatic carbocycles. The van der Waals surface area contributed by atoms with E-state index in [2.05, 4.69) is 4.85 Å². The molecule has 0 bridgehead atoms. The number of rotatable bonds is 1. The third-order valence-corrected chi connectivity index (χ3v) is 1.99. The first-order valence-electron chi connectivity index (χ1n) is 3.99. The molecular formula is C10H8F3N. The zero-order chi connectivity index (χ0) is 10.8. The zero-order valence-electron chi connectivity index (χ0n) is 7.47. The van der Waals surface area contributed by atoms with Gasteiger partial charge < -0.3 is 0 Å². The van der Waals surface area contributed by atoms with Crippen molar-refractivity contribution in [3.63, 3.8) is 0 Å². The lowest BCUT2D eigenvalue weighted by molar-refractivity contribution is -0.146. The van der Waals surface area contributed by atoms with Crippen LogP contribution in [0.2, 0.25) is 0 Å². The van der Waals surface area contributed by atoms with E-state index in [9.17, 15) is 13.2 Å². The zero-order valence-corrected chi connectivity index (χ0v) is 7.47. The smallest absolute Gasteiger partial charge is 0.238 e. The fourth-order valence-electron chi connectivity index (χ4n) is 1.05. The van der Waals surface area contributed by atoms with Crippen molar-refractivity contribution < 1.29 is 13.2 Å². The van der Waals surface area contributed by atoms with E-state index in [1.807, 2.05) is 0 Å². The Morgan fingerprint density at radius 1 is 1.36 bits per heavy atom. The third-order valence-electron chi connectivity index (χ3n) is 1.99. The Bertz CT molecular complexity index is 362. The summed E-state index contributed by atoms with van der Waals surface area (Å²) in [6.45, 7) is 7.77. The first kappa shape index (κ1) is 10.6. The highest BCUT2D eigenvalue weighted by Crippen LogP contribution is 2.35. The predicted octanol–water partition coefficient (Wildman–Crippen LogP) is 3.90. The van der Waals surface area contributed by atoms with Gasteiger partial charge in [0.25, 0.3) is 0 Å². The molecule has 74 valence electrons. The maximum atomic E-state index is 12.3. The molecule has 0 spiro atoms. The predicted molar refractivity (Wildman–Crippen MR) is 47.2 cm³/mol. The van der Waals surface area contributed by atoms with Crippen LogP contribution in [-0.4, -0.2) is 6.18 Å². The maximum Gasteiger partial charge on any atom is 0.395 e. The van der Waals surface area contributed by atoms with Crippen LogP contribution in [0.15, 0.2) is 24.3 Å². The lowest BCUT2D eigenvalue weighted by Gasteiger charge is -2.15. The van der Waals surface area contributed by atoms with Crippen LogP contribution < -0.4 is 0 Å². The van der Waals surface area contributed by atoms with E-state index >= 15 is 0 Å². The van der Waals surface area contributed by atoms with Gasteiger partial charge in [-0.3, -0.25) is 0 Å². The molecule has 14 heavy (non-hydrogen) atoms. The standard InChI is InChI=1S/C10H8F3N/c1-7(10(11,12)13)8-4-3-5-9(6-8)14-2/h3-7H,1H3. The van der Waals surface area contributed by atoms with Crippen molar-refractivity contribution in [2.24, 2.45) is 0 Å². The van der Waals surface area contributed by atoms with Crippen LogP contribution in [0.25, 0.3) is 4.85 Å². The van der Waals surface area contributed by atoms with Crippen LogP contribution in [0.1, 0.15) is 18.4 Å². The van der Waals surface area contributed by atoms with Crippen LogP contribution >= 0.6 is 0 Å². The van der Waals surface area contributed by atoms with Gasteiger partial charge in [-0.2, -0.15) is 13.2 Å². The molecule has 4 heteroatoms. The van der Waals surface area contributed by atoms with Crippen molar-refractivity contribution in [3.05, 3.63) is 41.2 Å². The fraction of sp³-hybridized carbons (Fsp3) is 0.300. The lowest BCUT2D eigenvalue weighted by atomic mass is 10.0. The summed E-state index contributed by atoms with van der Waals surface area (Å²) in [6, 6.07) is 5.60. The summed E-state index contributed by atoms with van der Waals surface area (Å²) in [4.78, 5) is 3.08. The molecule has 1 nitrogen and oxygen atoms in total. The average Bonchev–Trinajstić information content (AvgIpc) is 2.15. The van der Waals surface area contributed by atoms with Gasteiger partial charge in [-0.1, -0.05) is 24.3 Å². The number of benzene rings is 1. The summed E-state index contributed by atoms with van der Waals surface area (Å²) < 4.78 is 36.9. The molecule has 1 unspecified atom stereocenters. The monoisotopic (exact) mass is 199 g/mol. The van der Waals surface area contributed by atoms with Gasteiger partial charge in [0.1, 0.15) is 0 Å². The molecule has 0 radical (unpaired) electrons.